The number of oxazole rings is 1. The van der Waals surface area contributed by atoms with Crippen LogP contribution in [0.2, 0.25) is 0 Å². The lowest BCUT2D eigenvalue weighted by Gasteiger charge is -2.05. The molecule has 0 aliphatic carbocycles. The number of rotatable bonds is 3. The summed E-state index contributed by atoms with van der Waals surface area (Å²) < 4.78 is 11.9. The second kappa shape index (κ2) is 5.79. The SMILES string of the molecule is Cn1c(=O)oc2c(C(=O)Oc3ccc(-c4ncc[nH]4)cc3)cccc21. The van der Waals surface area contributed by atoms with Gasteiger partial charge in [-0.05, 0) is 36.4 Å². The van der Waals surface area contributed by atoms with Crippen LogP contribution in [0.4, 0.5) is 0 Å². The molecule has 0 aliphatic heterocycles. The van der Waals surface area contributed by atoms with Crippen molar-refractivity contribution in [2.24, 2.45) is 7.05 Å². The molecule has 4 rings (SSSR count). The van der Waals surface area contributed by atoms with Gasteiger partial charge in [0.1, 0.15) is 17.1 Å². The van der Waals surface area contributed by atoms with Crippen LogP contribution in [0.3, 0.4) is 0 Å². The molecule has 0 radical (unpaired) electrons. The molecule has 0 atom stereocenters. The number of para-hydroxylation sites is 1. The number of imidazole rings is 1. The summed E-state index contributed by atoms with van der Waals surface area (Å²) in [7, 11) is 1.58. The van der Waals surface area contributed by atoms with Crippen LogP contribution in [0.1, 0.15) is 10.4 Å². The van der Waals surface area contributed by atoms with E-state index in [1.807, 2.05) is 0 Å². The highest BCUT2D eigenvalue weighted by Gasteiger charge is 2.18. The molecular weight excluding hydrogens is 322 g/mol. The molecule has 2 aromatic carbocycles. The van der Waals surface area contributed by atoms with E-state index in [0.717, 1.165) is 11.4 Å². The largest absolute Gasteiger partial charge is 0.423 e. The Morgan fingerprint density at radius 3 is 2.72 bits per heavy atom. The van der Waals surface area contributed by atoms with Gasteiger partial charge >= 0.3 is 11.7 Å². The minimum Gasteiger partial charge on any atom is -0.423 e. The number of nitrogens with zero attached hydrogens (tertiary/aromatic N) is 2. The smallest absolute Gasteiger partial charge is 0.419 e. The first-order chi connectivity index (χ1) is 12.1. The Balaban J connectivity index is 1.62. The summed E-state index contributed by atoms with van der Waals surface area (Å²) in [6.45, 7) is 0. The highest BCUT2D eigenvalue weighted by atomic mass is 16.5. The van der Waals surface area contributed by atoms with Crippen molar-refractivity contribution in [1.82, 2.24) is 14.5 Å². The fourth-order valence-corrected chi connectivity index (χ4v) is 2.58. The maximum atomic E-state index is 12.5. The van der Waals surface area contributed by atoms with E-state index in [0.29, 0.717) is 11.3 Å². The first-order valence-corrected chi connectivity index (χ1v) is 7.54. The van der Waals surface area contributed by atoms with E-state index in [4.69, 9.17) is 9.15 Å². The van der Waals surface area contributed by atoms with Crippen LogP contribution in [0.25, 0.3) is 22.5 Å². The molecule has 0 saturated heterocycles. The number of carbonyl (C=O) groups excluding carboxylic acids is 1. The van der Waals surface area contributed by atoms with E-state index in [1.165, 1.54) is 4.57 Å². The van der Waals surface area contributed by atoms with Crippen LogP contribution in [-0.2, 0) is 7.05 Å². The summed E-state index contributed by atoms with van der Waals surface area (Å²) >= 11 is 0. The van der Waals surface area contributed by atoms with Crippen molar-refractivity contribution in [2.45, 2.75) is 0 Å². The van der Waals surface area contributed by atoms with Gasteiger partial charge in [-0.3, -0.25) is 4.57 Å². The number of aryl methyl sites for hydroxylation is 1. The summed E-state index contributed by atoms with van der Waals surface area (Å²) in [4.78, 5) is 31.3. The number of fused-ring (bicyclic) bond motifs is 1. The second-order valence-electron chi connectivity index (χ2n) is 5.43. The van der Waals surface area contributed by atoms with Gasteiger partial charge in [0.05, 0.1) is 5.52 Å². The molecule has 7 heteroatoms. The fraction of sp³-hybridized carbons (Fsp3) is 0.0556. The summed E-state index contributed by atoms with van der Waals surface area (Å²) in [5.41, 5.74) is 1.83. The molecule has 0 saturated carbocycles. The average molecular weight is 335 g/mol. The molecule has 25 heavy (non-hydrogen) atoms. The molecule has 124 valence electrons. The van der Waals surface area contributed by atoms with E-state index in [2.05, 4.69) is 9.97 Å². The molecule has 2 heterocycles. The van der Waals surface area contributed by atoms with Gasteiger partial charge in [0.25, 0.3) is 0 Å². The molecule has 4 aromatic rings. The van der Waals surface area contributed by atoms with Gasteiger partial charge in [0.15, 0.2) is 5.58 Å². The third-order valence-corrected chi connectivity index (χ3v) is 3.88. The van der Waals surface area contributed by atoms with Crippen molar-refractivity contribution < 1.29 is 13.9 Å². The lowest BCUT2D eigenvalue weighted by Crippen LogP contribution is -2.09. The molecular formula is C18H13N3O4. The number of nitrogens with one attached hydrogen (secondary N) is 1. The van der Waals surface area contributed by atoms with Crippen molar-refractivity contribution in [2.75, 3.05) is 0 Å². The third-order valence-electron chi connectivity index (χ3n) is 3.88. The third kappa shape index (κ3) is 2.61. The van der Waals surface area contributed by atoms with E-state index >= 15 is 0 Å². The lowest BCUT2D eigenvalue weighted by molar-refractivity contribution is 0.0735. The van der Waals surface area contributed by atoms with E-state index in [9.17, 15) is 9.59 Å². The fourth-order valence-electron chi connectivity index (χ4n) is 2.58. The normalized spacial score (nSPS) is 10.9. The molecule has 0 amide bonds. The van der Waals surface area contributed by atoms with Crippen molar-refractivity contribution in [3.05, 3.63) is 71.0 Å². The zero-order valence-electron chi connectivity index (χ0n) is 13.2. The molecule has 0 unspecified atom stereocenters. The van der Waals surface area contributed by atoms with E-state index < -0.39 is 11.7 Å². The molecule has 7 nitrogen and oxygen atoms in total. The second-order valence-corrected chi connectivity index (χ2v) is 5.43. The predicted octanol–water partition coefficient (Wildman–Crippen LogP) is 2.74. The van der Waals surface area contributed by atoms with E-state index in [-0.39, 0.29) is 11.1 Å². The summed E-state index contributed by atoms with van der Waals surface area (Å²) in [5.74, 6) is -0.00644. The Morgan fingerprint density at radius 1 is 1.20 bits per heavy atom. The van der Waals surface area contributed by atoms with Crippen molar-refractivity contribution >= 4 is 17.1 Å². The topological polar surface area (TPSA) is 90.1 Å². The first-order valence-electron chi connectivity index (χ1n) is 7.54. The number of hydrogen-bond acceptors (Lipinski definition) is 5. The van der Waals surface area contributed by atoms with Gasteiger partial charge < -0.3 is 14.1 Å². The highest BCUT2D eigenvalue weighted by molar-refractivity contribution is 6.02. The van der Waals surface area contributed by atoms with Gasteiger partial charge in [-0.1, -0.05) is 6.07 Å². The Labute approximate surface area is 141 Å². The van der Waals surface area contributed by atoms with Gasteiger partial charge in [0.2, 0.25) is 0 Å². The van der Waals surface area contributed by atoms with Gasteiger partial charge in [-0.15, -0.1) is 0 Å². The standard InChI is InChI=1S/C18H13N3O4/c1-21-14-4-2-3-13(15(14)25-18(21)23)17(22)24-12-7-5-11(6-8-12)16-19-9-10-20-16/h2-10H,1H3,(H,19,20). The highest BCUT2D eigenvalue weighted by Crippen LogP contribution is 2.22. The van der Waals surface area contributed by atoms with Crippen molar-refractivity contribution in [1.29, 1.82) is 0 Å². The van der Waals surface area contributed by atoms with Gasteiger partial charge in [-0.25, -0.2) is 14.6 Å². The molecule has 0 fully saturated rings. The maximum Gasteiger partial charge on any atom is 0.419 e. The summed E-state index contributed by atoms with van der Waals surface area (Å²) in [6.07, 6.45) is 3.40. The van der Waals surface area contributed by atoms with Crippen LogP contribution < -0.4 is 10.5 Å². The maximum absolute atomic E-state index is 12.5. The quantitative estimate of drug-likeness (QED) is 0.459. The van der Waals surface area contributed by atoms with Crippen LogP contribution in [0.15, 0.2) is 64.1 Å². The van der Waals surface area contributed by atoms with E-state index in [1.54, 1.807) is 61.9 Å². The monoisotopic (exact) mass is 335 g/mol. The lowest BCUT2D eigenvalue weighted by atomic mass is 10.2. The number of aromatic nitrogens is 3. The number of hydrogen-bond donors (Lipinski definition) is 1. The molecule has 2 aromatic heterocycles. The number of carbonyl (C=O) groups is 1. The van der Waals surface area contributed by atoms with Crippen LogP contribution in [0.5, 0.6) is 5.75 Å². The minimum absolute atomic E-state index is 0.199. The van der Waals surface area contributed by atoms with Gasteiger partial charge in [0, 0.05) is 25.0 Å². The summed E-state index contributed by atoms with van der Waals surface area (Å²) in [5, 5.41) is 0. The Hall–Kier alpha value is -3.61. The first kappa shape index (κ1) is 14.9. The molecule has 1 N–H and O–H groups in total. The number of esters is 1. The zero-order chi connectivity index (χ0) is 17.4. The van der Waals surface area contributed by atoms with Crippen molar-refractivity contribution in [3.63, 3.8) is 0 Å². The minimum atomic E-state index is -0.592. The van der Waals surface area contributed by atoms with Crippen LogP contribution in [0, 0.1) is 0 Å². The van der Waals surface area contributed by atoms with Gasteiger partial charge in [-0.2, -0.15) is 0 Å². The predicted molar refractivity (Wildman–Crippen MR) is 90.4 cm³/mol. The Morgan fingerprint density at radius 2 is 2.00 bits per heavy atom. The Bertz CT molecular complexity index is 1110. The number of H-pyrrole nitrogens is 1. The zero-order valence-corrected chi connectivity index (χ0v) is 13.2. The number of benzene rings is 2. The Kier molecular flexibility index (Phi) is 3.46. The summed E-state index contributed by atoms with van der Waals surface area (Å²) in [6, 6.07) is 11.9. The average Bonchev–Trinajstić information content (AvgIpc) is 3.25. The molecule has 0 bridgehead atoms. The number of aromatic amines is 1. The van der Waals surface area contributed by atoms with Crippen LogP contribution in [-0.4, -0.2) is 20.5 Å². The van der Waals surface area contributed by atoms with Crippen LogP contribution >= 0.6 is 0 Å². The van der Waals surface area contributed by atoms with Crippen molar-refractivity contribution in [3.8, 4) is 17.1 Å². The number of ether oxygens (including phenoxy) is 1. The molecule has 0 spiro atoms. The molecule has 0 aliphatic rings.